The average molecular weight is 317 g/mol. The number of hydrogen-bond donors (Lipinski definition) is 1. The first-order valence-electron chi connectivity index (χ1n) is 6.07. The van der Waals surface area contributed by atoms with Crippen LogP contribution in [0.25, 0.3) is 0 Å². The van der Waals surface area contributed by atoms with Gasteiger partial charge in [0.15, 0.2) is 0 Å². The summed E-state index contributed by atoms with van der Waals surface area (Å²) in [5, 5.41) is 2.57. The Hall–Kier alpha value is -1.87. The molecule has 0 aliphatic heterocycles. The van der Waals surface area contributed by atoms with Crippen molar-refractivity contribution in [1.29, 1.82) is 0 Å². The zero-order chi connectivity index (χ0) is 16.0. The quantitative estimate of drug-likeness (QED) is 0.777. The van der Waals surface area contributed by atoms with E-state index in [2.05, 4.69) is 10.3 Å². The van der Waals surface area contributed by atoms with E-state index in [1.807, 2.05) is 0 Å². The van der Waals surface area contributed by atoms with E-state index < -0.39 is 10.0 Å². The Balaban J connectivity index is 2.66. The maximum absolute atomic E-state index is 11.8. The fourth-order valence-corrected chi connectivity index (χ4v) is 1.82. The number of amides is 1. The highest BCUT2D eigenvalue weighted by molar-refractivity contribution is 7.88. The van der Waals surface area contributed by atoms with Crippen LogP contribution >= 0.6 is 0 Å². The molecular formula is C12H19N3O5S. The van der Waals surface area contributed by atoms with Crippen molar-refractivity contribution in [2.24, 2.45) is 0 Å². The van der Waals surface area contributed by atoms with Crippen LogP contribution in [0.1, 0.15) is 6.42 Å². The standard InChI is InChI=1S/C12H19N3O5S/c1-15(21(4,17)18)6-5-11(16)13-10-7-9(19-2)8-12(14-10)20-3/h7-8H,5-6H2,1-4H3,(H,13,14,16). The van der Waals surface area contributed by atoms with E-state index >= 15 is 0 Å². The largest absolute Gasteiger partial charge is 0.496 e. The predicted octanol–water partition coefficient (Wildman–Crippen LogP) is 0.319. The highest BCUT2D eigenvalue weighted by atomic mass is 32.2. The molecule has 0 aromatic carbocycles. The van der Waals surface area contributed by atoms with Gasteiger partial charge in [-0.25, -0.2) is 12.7 Å². The molecule has 0 spiro atoms. The van der Waals surface area contributed by atoms with Crippen LogP contribution < -0.4 is 14.8 Å². The molecule has 0 radical (unpaired) electrons. The second kappa shape index (κ2) is 7.23. The van der Waals surface area contributed by atoms with Crippen LogP contribution in [-0.2, 0) is 14.8 Å². The zero-order valence-electron chi connectivity index (χ0n) is 12.4. The monoisotopic (exact) mass is 317 g/mol. The number of pyridine rings is 1. The van der Waals surface area contributed by atoms with Gasteiger partial charge in [-0.1, -0.05) is 0 Å². The number of methoxy groups -OCH3 is 2. The number of carbonyl (C=O) groups is 1. The lowest BCUT2D eigenvalue weighted by atomic mass is 10.3. The first kappa shape index (κ1) is 17.2. The molecule has 0 bridgehead atoms. The summed E-state index contributed by atoms with van der Waals surface area (Å²) in [6.07, 6.45) is 1.10. The summed E-state index contributed by atoms with van der Waals surface area (Å²) in [6.45, 7) is 0.0891. The van der Waals surface area contributed by atoms with Gasteiger partial charge in [0.2, 0.25) is 21.8 Å². The summed E-state index contributed by atoms with van der Waals surface area (Å²) in [5.74, 6) is 0.717. The molecule has 0 fully saturated rings. The van der Waals surface area contributed by atoms with Crippen molar-refractivity contribution in [1.82, 2.24) is 9.29 Å². The molecule has 9 heteroatoms. The lowest BCUT2D eigenvalue weighted by molar-refractivity contribution is -0.116. The summed E-state index contributed by atoms with van der Waals surface area (Å²) >= 11 is 0. The maximum Gasteiger partial charge on any atom is 0.226 e. The lowest BCUT2D eigenvalue weighted by Crippen LogP contribution is -2.29. The minimum Gasteiger partial charge on any atom is -0.496 e. The fraction of sp³-hybridized carbons (Fsp3) is 0.500. The Morgan fingerprint density at radius 1 is 1.33 bits per heavy atom. The van der Waals surface area contributed by atoms with Crippen molar-refractivity contribution in [3.63, 3.8) is 0 Å². The molecule has 0 aliphatic rings. The van der Waals surface area contributed by atoms with Gasteiger partial charge in [-0.2, -0.15) is 4.98 Å². The van der Waals surface area contributed by atoms with Crippen LogP contribution in [0.5, 0.6) is 11.6 Å². The number of nitrogens with zero attached hydrogens (tertiary/aromatic N) is 2. The highest BCUT2D eigenvalue weighted by Crippen LogP contribution is 2.21. The van der Waals surface area contributed by atoms with E-state index in [-0.39, 0.29) is 24.7 Å². The normalized spacial score (nSPS) is 11.3. The number of hydrogen-bond acceptors (Lipinski definition) is 6. The van der Waals surface area contributed by atoms with Crippen LogP contribution in [0.2, 0.25) is 0 Å². The zero-order valence-corrected chi connectivity index (χ0v) is 13.2. The molecule has 0 atom stereocenters. The molecule has 0 aliphatic carbocycles. The smallest absolute Gasteiger partial charge is 0.226 e. The van der Waals surface area contributed by atoms with Gasteiger partial charge < -0.3 is 14.8 Å². The van der Waals surface area contributed by atoms with E-state index in [0.717, 1.165) is 10.6 Å². The molecule has 0 unspecified atom stereocenters. The van der Waals surface area contributed by atoms with Crippen LogP contribution in [0.15, 0.2) is 12.1 Å². The van der Waals surface area contributed by atoms with Gasteiger partial charge in [0.1, 0.15) is 11.6 Å². The summed E-state index contributed by atoms with van der Waals surface area (Å²) < 4.78 is 33.6. The van der Waals surface area contributed by atoms with Gasteiger partial charge in [0.25, 0.3) is 0 Å². The predicted molar refractivity (Wildman–Crippen MR) is 78.1 cm³/mol. The number of aromatic nitrogens is 1. The molecule has 1 amide bonds. The maximum atomic E-state index is 11.8. The van der Waals surface area contributed by atoms with Crippen molar-refractivity contribution in [3.8, 4) is 11.6 Å². The first-order chi connectivity index (χ1) is 9.76. The molecule has 1 aromatic rings. The van der Waals surface area contributed by atoms with Gasteiger partial charge in [-0.15, -0.1) is 0 Å². The molecule has 118 valence electrons. The summed E-state index contributed by atoms with van der Waals surface area (Å²) in [7, 11) is 1.06. The lowest BCUT2D eigenvalue weighted by Gasteiger charge is -2.13. The first-order valence-corrected chi connectivity index (χ1v) is 7.92. The van der Waals surface area contributed by atoms with E-state index in [4.69, 9.17) is 9.47 Å². The molecule has 21 heavy (non-hydrogen) atoms. The van der Waals surface area contributed by atoms with Crippen molar-refractivity contribution < 1.29 is 22.7 Å². The number of rotatable bonds is 7. The summed E-state index contributed by atoms with van der Waals surface area (Å²) in [4.78, 5) is 15.8. The average Bonchev–Trinajstić information content (AvgIpc) is 2.43. The molecule has 1 aromatic heterocycles. The van der Waals surface area contributed by atoms with E-state index in [1.54, 1.807) is 12.1 Å². The molecule has 1 N–H and O–H groups in total. The van der Waals surface area contributed by atoms with Gasteiger partial charge in [-0.3, -0.25) is 4.79 Å². The molecule has 1 rings (SSSR count). The number of nitrogens with one attached hydrogen (secondary N) is 1. The van der Waals surface area contributed by atoms with Crippen molar-refractivity contribution in [2.45, 2.75) is 6.42 Å². The van der Waals surface area contributed by atoms with Crippen LogP contribution in [0.3, 0.4) is 0 Å². The van der Waals surface area contributed by atoms with Crippen LogP contribution in [-0.4, -0.2) is 57.7 Å². The van der Waals surface area contributed by atoms with Crippen molar-refractivity contribution in [3.05, 3.63) is 12.1 Å². The summed E-state index contributed by atoms with van der Waals surface area (Å²) in [5.41, 5.74) is 0. The third-order valence-corrected chi connectivity index (χ3v) is 4.02. The Kier molecular flexibility index (Phi) is 5.91. The number of anilines is 1. The van der Waals surface area contributed by atoms with Crippen molar-refractivity contribution >= 4 is 21.7 Å². The Labute approximate surface area is 124 Å². The van der Waals surface area contributed by atoms with Gasteiger partial charge in [-0.05, 0) is 0 Å². The second-order valence-electron chi connectivity index (χ2n) is 4.32. The molecule has 1 heterocycles. The SMILES string of the molecule is COc1cc(NC(=O)CCN(C)S(C)(=O)=O)nc(OC)c1. The van der Waals surface area contributed by atoms with Crippen molar-refractivity contribution in [2.75, 3.05) is 39.4 Å². The molecule has 0 saturated carbocycles. The second-order valence-corrected chi connectivity index (χ2v) is 6.41. The molecule has 8 nitrogen and oxygen atoms in total. The number of ether oxygens (including phenoxy) is 2. The number of carbonyl (C=O) groups excluding carboxylic acids is 1. The van der Waals surface area contributed by atoms with Gasteiger partial charge in [0, 0.05) is 32.1 Å². The molecule has 0 saturated heterocycles. The van der Waals surface area contributed by atoms with E-state index in [1.165, 1.54) is 21.3 Å². The van der Waals surface area contributed by atoms with Crippen LogP contribution in [0.4, 0.5) is 5.82 Å². The third-order valence-electron chi connectivity index (χ3n) is 2.71. The molecular weight excluding hydrogens is 298 g/mol. The van der Waals surface area contributed by atoms with Gasteiger partial charge in [0.05, 0.1) is 20.5 Å². The topological polar surface area (TPSA) is 97.8 Å². The summed E-state index contributed by atoms with van der Waals surface area (Å²) in [6, 6.07) is 3.12. The highest BCUT2D eigenvalue weighted by Gasteiger charge is 2.13. The van der Waals surface area contributed by atoms with Gasteiger partial charge >= 0.3 is 0 Å². The minimum absolute atomic E-state index is 0.0186. The Morgan fingerprint density at radius 3 is 2.52 bits per heavy atom. The van der Waals surface area contributed by atoms with E-state index in [9.17, 15) is 13.2 Å². The third kappa shape index (κ3) is 5.56. The Bertz CT molecular complexity index is 581. The Morgan fingerprint density at radius 2 is 2.00 bits per heavy atom. The van der Waals surface area contributed by atoms with E-state index in [0.29, 0.717) is 11.6 Å². The fourth-order valence-electron chi connectivity index (χ4n) is 1.40. The number of sulfonamides is 1. The van der Waals surface area contributed by atoms with Crippen LogP contribution in [0, 0.1) is 0 Å². The minimum atomic E-state index is -3.29.